The molecule has 0 bridgehead atoms. The number of carbonyl (C=O) groups is 3. The van der Waals surface area contributed by atoms with Crippen molar-refractivity contribution in [1.29, 1.82) is 0 Å². The molecular weight excluding hydrogens is 456 g/mol. The Hall–Kier alpha value is -3.36. The highest BCUT2D eigenvalue weighted by Crippen LogP contribution is 2.28. The topological polar surface area (TPSA) is 90.8 Å². The summed E-state index contributed by atoms with van der Waals surface area (Å²) in [6.45, 7) is 4.66. The number of aromatic nitrogens is 2. The van der Waals surface area contributed by atoms with Gasteiger partial charge in [-0.05, 0) is 31.9 Å². The number of rotatable bonds is 4. The zero-order valence-corrected chi connectivity index (χ0v) is 21.3. The van der Waals surface area contributed by atoms with Crippen molar-refractivity contribution in [3.8, 4) is 0 Å². The molecule has 1 aromatic carbocycles. The first-order chi connectivity index (χ1) is 17.4. The first kappa shape index (κ1) is 24.3. The largest absolute Gasteiger partial charge is 0.368 e. The number of nitrogens with zero attached hydrogens (tertiary/aromatic N) is 5. The van der Waals surface area contributed by atoms with Gasteiger partial charge in [0, 0.05) is 51.0 Å². The van der Waals surface area contributed by atoms with E-state index < -0.39 is 5.54 Å². The van der Waals surface area contributed by atoms with E-state index in [0.29, 0.717) is 18.8 Å². The van der Waals surface area contributed by atoms with Gasteiger partial charge in [-0.2, -0.15) is 5.10 Å². The van der Waals surface area contributed by atoms with Crippen molar-refractivity contribution < 1.29 is 14.4 Å². The second-order valence-electron chi connectivity index (χ2n) is 10.5. The molecule has 1 unspecified atom stereocenters. The van der Waals surface area contributed by atoms with Crippen molar-refractivity contribution in [1.82, 2.24) is 24.9 Å². The van der Waals surface area contributed by atoms with Crippen LogP contribution in [0.1, 0.15) is 66.4 Å². The molecule has 2 fully saturated rings. The molecule has 3 aliphatic rings. The molecule has 1 atom stereocenters. The third kappa shape index (κ3) is 4.58. The van der Waals surface area contributed by atoms with Gasteiger partial charge in [0.25, 0.3) is 11.8 Å². The highest BCUT2D eigenvalue weighted by molar-refractivity contribution is 6.01. The number of hydrogen-bond acceptors (Lipinski definition) is 5. The Morgan fingerprint density at radius 2 is 1.67 bits per heavy atom. The molecule has 5 rings (SSSR count). The first-order valence-corrected chi connectivity index (χ1v) is 13.1. The molecule has 192 valence electrons. The maximum atomic E-state index is 13.4. The van der Waals surface area contributed by atoms with Crippen LogP contribution in [-0.2, 0) is 11.3 Å². The molecule has 0 spiro atoms. The van der Waals surface area contributed by atoms with Crippen LogP contribution in [0.15, 0.2) is 36.4 Å². The summed E-state index contributed by atoms with van der Waals surface area (Å²) in [6.07, 6.45) is 6.59. The van der Waals surface area contributed by atoms with Crippen molar-refractivity contribution in [3.05, 3.63) is 47.8 Å². The summed E-state index contributed by atoms with van der Waals surface area (Å²) >= 11 is 0. The van der Waals surface area contributed by atoms with Crippen LogP contribution >= 0.6 is 0 Å². The van der Waals surface area contributed by atoms with Gasteiger partial charge in [0.1, 0.15) is 11.2 Å². The average molecular weight is 493 g/mol. The van der Waals surface area contributed by atoms with Crippen LogP contribution in [0.25, 0.3) is 0 Å². The Balaban J connectivity index is 1.27. The SMILES string of the molecule is CN1C(=O)c2cc(C(=O)N3CCN(c4ccccc4)CC3)nn2CC1(C)C(=O)NC1CCCCCC1. The van der Waals surface area contributed by atoms with Gasteiger partial charge in [-0.25, -0.2) is 0 Å². The summed E-state index contributed by atoms with van der Waals surface area (Å²) in [7, 11) is 1.66. The van der Waals surface area contributed by atoms with Crippen LogP contribution in [0.5, 0.6) is 0 Å². The summed E-state index contributed by atoms with van der Waals surface area (Å²) in [5, 5.41) is 7.71. The fourth-order valence-electron chi connectivity index (χ4n) is 5.56. The number of anilines is 1. The van der Waals surface area contributed by atoms with Gasteiger partial charge in [0.05, 0.1) is 6.54 Å². The van der Waals surface area contributed by atoms with Crippen molar-refractivity contribution >= 4 is 23.4 Å². The second-order valence-corrected chi connectivity index (χ2v) is 10.5. The number of fused-ring (bicyclic) bond motifs is 1. The predicted molar refractivity (Wildman–Crippen MR) is 137 cm³/mol. The van der Waals surface area contributed by atoms with Gasteiger partial charge in [-0.3, -0.25) is 19.1 Å². The molecule has 2 aliphatic heterocycles. The monoisotopic (exact) mass is 492 g/mol. The number of carbonyl (C=O) groups excluding carboxylic acids is 3. The minimum absolute atomic E-state index is 0.144. The normalized spacial score (nSPS) is 23.3. The van der Waals surface area contributed by atoms with Crippen molar-refractivity contribution in [2.24, 2.45) is 0 Å². The molecule has 3 amide bonds. The van der Waals surface area contributed by atoms with Gasteiger partial charge in [0.2, 0.25) is 5.91 Å². The third-order valence-electron chi connectivity index (χ3n) is 8.09. The quantitative estimate of drug-likeness (QED) is 0.663. The van der Waals surface area contributed by atoms with Gasteiger partial charge in [-0.1, -0.05) is 43.9 Å². The summed E-state index contributed by atoms with van der Waals surface area (Å²) in [4.78, 5) is 45.4. The predicted octanol–water partition coefficient (Wildman–Crippen LogP) is 2.53. The standard InChI is InChI=1S/C27H36N6O3/c1-27(26(36)28-20-10-6-3-4-7-11-20)19-33-23(25(35)30(27)2)18-22(29-33)24(34)32-16-14-31(15-17-32)21-12-8-5-9-13-21/h5,8-9,12-13,18,20H,3-4,6-7,10-11,14-17,19H2,1-2H3,(H,28,36). The summed E-state index contributed by atoms with van der Waals surface area (Å²) in [6, 6.07) is 11.9. The lowest BCUT2D eigenvalue weighted by Crippen LogP contribution is -2.63. The van der Waals surface area contributed by atoms with E-state index in [-0.39, 0.29) is 36.0 Å². The van der Waals surface area contributed by atoms with E-state index in [9.17, 15) is 14.4 Å². The lowest BCUT2D eigenvalue weighted by Gasteiger charge is -2.41. The van der Waals surface area contributed by atoms with Crippen LogP contribution in [0, 0.1) is 0 Å². The number of para-hydroxylation sites is 1. The van der Waals surface area contributed by atoms with Crippen molar-refractivity contribution in [3.63, 3.8) is 0 Å². The fraction of sp³-hybridized carbons (Fsp3) is 0.556. The lowest BCUT2D eigenvalue weighted by molar-refractivity contribution is -0.133. The van der Waals surface area contributed by atoms with Crippen molar-refractivity contribution in [2.75, 3.05) is 38.1 Å². The number of piperazine rings is 1. The zero-order valence-electron chi connectivity index (χ0n) is 21.3. The van der Waals surface area contributed by atoms with Crippen LogP contribution < -0.4 is 10.2 Å². The Kier molecular flexibility index (Phi) is 6.73. The van der Waals surface area contributed by atoms with Crippen LogP contribution in [0.3, 0.4) is 0 Å². The van der Waals surface area contributed by atoms with E-state index in [4.69, 9.17) is 0 Å². The fourth-order valence-corrected chi connectivity index (χ4v) is 5.56. The maximum absolute atomic E-state index is 13.4. The lowest BCUT2D eigenvalue weighted by atomic mass is 9.95. The Bertz CT molecular complexity index is 1120. The first-order valence-electron chi connectivity index (χ1n) is 13.1. The zero-order chi connectivity index (χ0) is 25.3. The average Bonchev–Trinajstić information content (AvgIpc) is 3.15. The van der Waals surface area contributed by atoms with Crippen molar-refractivity contribution in [2.45, 2.75) is 63.6 Å². The van der Waals surface area contributed by atoms with E-state index in [1.807, 2.05) is 18.2 Å². The van der Waals surface area contributed by atoms with Gasteiger partial charge < -0.3 is 20.0 Å². The molecule has 3 heterocycles. The van der Waals surface area contributed by atoms with Gasteiger partial charge in [0.15, 0.2) is 5.69 Å². The number of amides is 3. The van der Waals surface area contributed by atoms with E-state index in [1.165, 1.54) is 17.7 Å². The molecule has 1 saturated carbocycles. The molecule has 1 aliphatic carbocycles. The van der Waals surface area contributed by atoms with E-state index in [2.05, 4.69) is 27.4 Å². The highest BCUT2D eigenvalue weighted by atomic mass is 16.2. The second kappa shape index (κ2) is 9.95. The number of hydrogen-bond donors (Lipinski definition) is 1. The number of likely N-dealkylation sites (N-methyl/N-ethyl adjacent to an activating group) is 1. The van der Waals surface area contributed by atoms with E-state index >= 15 is 0 Å². The molecule has 36 heavy (non-hydrogen) atoms. The molecule has 2 aromatic rings. The summed E-state index contributed by atoms with van der Waals surface area (Å²) < 4.78 is 1.54. The minimum atomic E-state index is -1.07. The smallest absolute Gasteiger partial charge is 0.274 e. The molecular formula is C27H36N6O3. The Morgan fingerprint density at radius 3 is 2.33 bits per heavy atom. The van der Waals surface area contributed by atoms with Crippen LogP contribution in [-0.4, -0.2) is 82.1 Å². The third-order valence-corrected chi connectivity index (χ3v) is 8.09. The molecule has 1 aromatic heterocycles. The Morgan fingerprint density at radius 1 is 1.00 bits per heavy atom. The number of benzene rings is 1. The number of nitrogens with one attached hydrogen (secondary N) is 1. The van der Waals surface area contributed by atoms with Crippen LogP contribution in [0.2, 0.25) is 0 Å². The highest BCUT2D eigenvalue weighted by Gasteiger charge is 2.47. The minimum Gasteiger partial charge on any atom is -0.368 e. The van der Waals surface area contributed by atoms with Gasteiger partial charge >= 0.3 is 0 Å². The van der Waals surface area contributed by atoms with E-state index in [0.717, 1.165) is 44.5 Å². The van der Waals surface area contributed by atoms with Gasteiger partial charge in [-0.15, -0.1) is 0 Å². The summed E-state index contributed by atoms with van der Waals surface area (Å²) in [5.74, 6) is -0.624. The summed E-state index contributed by atoms with van der Waals surface area (Å²) in [5.41, 5.74) is 0.693. The maximum Gasteiger partial charge on any atom is 0.274 e. The molecule has 0 radical (unpaired) electrons. The van der Waals surface area contributed by atoms with Crippen LogP contribution in [0.4, 0.5) is 5.69 Å². The molecule has 1 saturated heterocycles. The molecule has 1 N–H and O–H groups in total. The van der Waals surface area contributed by atoms with E-state index in [1.54, 1.807) is 29.6 Å². The Labute approximate surface area is 212 Å². The molecule has 9 nitrogen and oxygen atoms in total. The molecule has 9 heteroatoms.